The predicted molar refractivity (Wildman–Crippen MR) is 96.4 cm³/mol. The molecule has 0 radical (unpaired) electrons. The number of aliphatic hydroxyl groups is 1. The maximum atomic E-state index is 12.5. The molecule has 2 atom stereocenters. The quantitative estimate of drug-likeness (QED) is 0.823. The molecular weight excluding hydrogens is 388 g/mol. The van der Waals surface area contributed by atoms with Crippen LogP contribution in [0.3, 0.4) is 0 Å². The van der Waals surface area contributed by atoms with Crippen LogP contribution in [0.2, 0.25) is 0 Å². The van der Waals surface area contributed by atoms with Gasteiger partial charge in [-0.1, -0.05) is 34.1 Å². The fraction of sp³-hybridized carbons (Fsp3) is 0.222. The van der Waals surface area contributed by atoms with Crippen molar-refractivity contribution in [1.82, 2.24) is 4.90 Å². The summed E-state index contributed by atoms with van der Waals surface area (Å²) < 4.78 is 6.18. The van der Waals surface area contributed by atoms with Crippen LogP contribution in [-0.2, 0) is 4.79 Å². The molecule has 0 spiro atoms. The minimum absolute atomic E-state index is 0.0596. The largest absolute Gasteiger partial charge is 0.416 e. The van der Waals surface area contributed by atoms with Crippen molar-refractivity contribution in [2.45, 2.75) is 18.6 Å². The molecule has 7 heteroatoms. The summed E-state index contributed by atoms with van der Waals surface area (Å²) >= 11 is 3.33. The first kappa shape index (κ1) is 17.4. The second kappa shape index (κ2) is 7.67. The number of anilines is 1. The maximum Gasteiger partial charge on any atom is 0.416 e. The van der Waals surface area contributed by atoms with Crippen molar-refractivity contribution in [2.24, 2.45) is 0 Å². The average molecular weight is 405 g/mol. The van der Waals surface area contributed by atoms with Gasteiger partial charge in [0.25, 0.3) is 0 Å². The summed E-state index contributed by atoms with van der Waals surface area (Å²) in [6, 6.07) is 14.9. The summed E-state index contributed by atoms with van der Waals surface area (Å²) in [7, 11) is 0. The lowest BCUT2D eigenvalue weighted by atomic mass is 10.2. The molecular formula is C18H17BrN2O4. The van der Waals surface area contributed by atoms with Gasteiger partial charge in [0.2, 0.25) is 5.91 Å². The van der Waals surface area contributed by atoms with Crippen LogP contribution < -0.4 is 10.1 Å². The number of nitrogens with zero attached hydrogens (tertiary/aromatic N) is 1. The molecule has 1 saturated heterocycles. The second-order valence-corrected chi connectivity index (χ2v) is 6.65. The Morgan fingerprint density at radius 3 is 2.48 bits per heavy atom. The maximum absolute atomic E-state index is 12.5. The SMILES string of the molecule is O=C(Nc1ccc(Br)cc1)[C@H]1C[C@H](O)CN1C(=O)Oc1ccccc1. The molecule has 0 saturated carbocycles. The predicted octanol–water partition coefficient (Wildman–Crippen LogP) is 3.02. The highest BCUT2D eigenvalue weighted by atomic mass is 79.9. The fourth-order valence-electron chi connectivity index (χ4n) is 2.67. The molecule has 0 aliphatic carbocycles. The van der Waals surface area contributed by atoms with Crippen LogP contribution in [-0.4, -0.2) is 40.7 Å². The number of rotatable bonds is 3. The van der Waals surface area contributed by atoms with Gasteiger partial charge < -0.3 is 15.2 Å². The zero-order valence-corrected chi connectivity index (χ0v) is 14.8. The number of β-amino-alcohol motifs (C(OH)–C–C–N with tert-alkyl or cyclic N) is 1. The first-order valence-electron chi connectivity index (χ1n) is 7.81. The van der Waals surface area contributed by atoms with Gasteiger partial charge in [-0.3, -0.25) is 9.69 Å². The van der Waals surface area contributed by atoms with Crippen molar-refractivity contribution >= 4 is 33.6 Å². The monoisotopic (exact) mass is 404 g/mol. The molecule has 6 nitrogen and oxygen atoms in total. The molecule has 3 rings (SSSR count). The van der Waals surface area contributed by atoms with Gasteiger partial charge in [0.15, 0.2) is 0 Å². The molecule has 25 heavy (non-hydrogen) atoms. The number of amides is 2. The second-order valence-electron chi connectivity index (χ2n) is 5.73. The van der Waals surface area contributed by atoms with Gasteiger partial charge in [-0.2, -0.15) is 0 Å². The third-order valence-corrected chi connectivity index (χ3v) is 4.40. The topological polar surface area (TPSA) is 78.9 Å². The first-order valence-corrected chi connectivity index (χ1v) is 8.60. The Kier molecular flexibility index (Phi) is 5.35. The van der Waals surface area contributed by atoms with Crippen LogP contribution in [0.25, 0.3) is 0 Å². The molecule has 2 aromatic carbocycles. The van der Waals surface area contributed by atoms with E-state index in [9.17, 15) is 14.7 Å². The Morgan fingerprint density at radius 1 is 1.12 bits per heavy atom. The van der Waals surface area contributed by atoms with E-state index in [1.54, 1.807) is 48.5 Å². The summed E-state index contributed by atoms with van der Waals surface area (Å²) in [4.78, 5) is 26.2. The summed E-state index contributed by atoms with van der Waals surface area (Å²) in [5.74, 6) is 0.0323. The minimum atomic E-state index is -0.783. The van der Waals surface area contributed by atoms with E-state index in [1.165, 1.54) is 4.90 Å². The first-order chi connectivity index (χ1) is 12.0. The zero-order chi connectivity index (χ0) is 17.8. The molecule has 130 valence electrons. The number of likely N-dealkylation sites (tertiary alicyclic amines) is 1. The Balaban J connectivity index is 1.69. The molecule has 1 heterocycles. The number of carbonyl (C=O) groups is 2. The normalized spacial score (nSPS) is 19.5. The van der Waals surface area contributed by atoms with Crippen LogP contribution in [0.4, 0.5) is 10.5 Å². The van der Waals surface area contributed by atoms with Crippen molar-refractivity contribution in [2.75, 3.05) is 11.9 Å². The standard InChI is InChI=1S/C18H17BrN2O4/c19-12-6-8-13(9-7-12)20-17(23)16-10-14(22)11-21(16)18(24)25-15-4-2-1-3-5-15/h1-9,14,16,22H,10-11H2,(H,20,23)/t14-,16+/m0/s1. The number of halogens is 1. The molecule has 0 bridgehead atoms. The van der Waals surface area contributed by atoms with E-state index in [-0.39, 0.29) is 18.9 Å². The number of benzene rings is 2. The number of nitrogens with one attached hydrogen (secondary N) is 1. The summed E-state index contributed by atoms with van der Waals surface area (Å²) in [5.41, 5.74) is 0.617. The van der Waals surface area contributed by atoms with Crippen LogP contribution in [0.15, 0.2) is 59.1 Å². The van der Waals surface area contributed by atoms with E-state index in [2.05, 4.69) is 21.2 Å². The van der Waals surface area contributed by atoms with Gasteiger partial charge in [0.1, 0.15) is 11.8 Å². The van der Waals surface area contributed by atoms with E-state index in [0.29, 0.717) is 11.4 Å². The Morgan fingerprint density at radius 2 is 1.80 bits per heavy atom. The number of aliphatic hydroxyl groups excluding tert-OH is 1. The number of hydrogen-bond acceptors (Lipinski definition) is 4. The Labute approximate surface area is 153 Å². The van der Waals surface area contributed by atoms with E-state index in [1.807, 2.05) is 6.07 Å². The van der Waals surface area contributed by atoms with Gasteiger partial charge in [-0.05, 0) is 36.4 Å². The summed E-state index contributed by atoms with van der Waals surface area (Å²) in [5, 5.41) is 12.7. The van der Waals surface area contributed by atoms with Gasteiger partial charge in [-0.15, -0.1) is 0 Å². The van der Waals surface area contributed by atoms with Gasteiger partial charge in [0, 0.05) is 16.6 Å². The smallest absolute Gasteiger partial charge is 0.410 e. The number of para-hydroxylation sites is 1. The third-order valence-electron chi connectivity index (χ3n) is 3.88. The van der Waals surface area contributed by atoms with Crippen molar-refractivity contribution in [3.63, 3.8) is 0 Å². The van der Waals surface area contributed by atoms with E-state index >= 15 is 0 Å². The molecule has 2 amide bonds. The lowest BCUT2D eigenvalue weighted by Crippen LogP contribution is -2.44. The third kappa shape index (κ3) is 4.37. The van der Waals surface area contributed by atoms with Crippen molar-refractivity contribution in [1.29, 1.82) is 0 Å². The number of carbonyl (C=O) groups excluding carboxylic acids is 2. The molecule has 1 aliphatic rings. The molecule has 0 aromatic heterocycles. The minimum Gasteiger partial charge on any atom is -0.410 e. The van der Waals surface area contributed by atoms with Crippen LogP contribution in [0.1, 0.15) is 6.42 Å². The highest BCUT2D eigenvalue weighted by Crippen LogP contribution is 2.22. The molecule has 1 fully saturated rings. The number of ether oxygens (including phenoxy) is 1. The average Bonchev–Trinajstić information content (AvgIpc) is 3.00. The summed E-state index contributed by atoms with van der Waals surface area (Å²) in [6.07, 6.45) is -1.24. The highest BCUT2D eigenvalue weighted by Gasteiger charge is 2.40. The Hall–Kier alpha value is -2.38. The van der Waals surface area contributed by atoms with Crippen LogP contribution >= 0.6 is 15.9 Å². The molecule has 0 unspecified atom stereocenters. The van der Waals surface area contributed by atoms with Gasteiger partial charge in [-0.25, -0.2) is 4.79 Å². The van der Waals surface area contributed by atoms with E-state index < -0.39 is 18.2 Å². The lowest BCUT2D eigenvalue weighted by Gasteiger charge is -2.22. The van der Waals surface area contributed by atoms with Crippen molar-refractivity contribution in [3.05, 3.63) is 59.1 Å². The Bertz CT molecular complexity index is 751. The van der Waals surface area contributed by atoms with Gasteiger partial charge >= 0.3 is 6.09 Å². The lowest BCUT2D eigenvalue weighted by molar-refractivity contribution is -0.119. The molecule has 2 aromatic rings. The van der Waals surface area contributed by atoms with Crippen molar-refractivity contribution < 1.29 is 19.4 Å². The van der Waals surface area contributed by atoms with Crippen molar-refractivity contribution in [3.8, 4) is 5.75 Å². The van der Waals surface area contributed by atoms with Crippen LogP contribution in [0.5, 0.6) is 5.75 Å². The van der Waals surface area contributed by atoms with Gasteiger partial charge in [0.05, 0.1) is 12.6 Å². The van der Waals surface area contributed by atoms with E-state index in [4.69, 9.17) is 4.74 Å². The summed E-state index contributed by atoms with van der Waals surface area (Å²) in [6.45, 7) is 0.0596. The van der Waals surface area contributed by atoms with E-state index in [0.717, 1.165) is 4.47 Å². The molecule has 2 N–H and O–H groups in total. The zero-order valence-electron chi connectivity index (χ0n) is 13.3. The van der Waals surface area contributed by atoms with Crippen LogP contribution in [0, 0.1) is 0 Å². The number of hydrogen-bond donors (Lipinski definition) is 2. The molecule has 1 aliphatic heterocycles. The fourth-order valence-corrected chi connectivity index (χ4v) is 2.94. The highest BCUT2D eigenvalue weighted by molar-refractivity contribution is 9.10.